The van der Waals surface area contributed by atoms with E-state index in [9.17, 15) is 9.59 Å². The van der Waals surface area contributed by atoms with E-state index in [0.29, 0.717) is 13.0 Å². The van der Waals surface area contributed by atoms with Crippen LogP contribution in [0.3, 0.4) is 0 Å². The molecule has 0 aliphatic carbocycles. The third kappa shape index (κ3) is 9.47. The van der Waals surface area contributed by atoms with Gasteiger partial charge < -0.3 is 15.3 Å². The van der Waals surface area contributed by atoms with Gasteiger partial charge in [-0.3, -0.25) is 9.59 Å². The van der Waals surface area contributed by atoms with Crippen LogP contribution in [-0.2, 0) is 9.59 Å². The maximum absolute atomic E-state index is 11.6. The smallest absolute Gasteiger partial charge is 0.325 e. The minimum atomic E-state index is -0.998. The van der Waals surface area contributed by atoms with Gasteiger partial charge in [-0.05, 0) is 32.9 Å². The lowest BCUT2D eigenvalue weighted by atomic mass is 10.2. The van der Waals surface area contributed by atoms with Crippen LogP contribution >= 0.6 is 0 Å². The Labute approximate surface area is 116 Å². The normalized spacial score (nSPS) is 12.4. The third-order valence-electron chi connectivity index (χ3n) is 3.06. The number of rotatable bonds is 11. The van der Waals surface area contributed by atoms with Crippen LogP contribution in [0.15, 0.2) is 0 Å². The van der Waals surface area contributed by atoms with Crippen molar-refractivity contribution in [1.29, 1.82) is 0 Å². The first-order chi connectivity index (χ1) is 9.01. The van der Waals surface area contributed by atoms with Gasteiger partial charge in [0.15, 0.2) is 0 Å². The Morgan fingerprint density at radius 1 is 1.11 bits per heavy atom. The lowest BCUT2D eigenvalue weighted by Gasteiger charge is -2.21. The van der Waals surface area contributed by atoms with E-state index in [1.54, 1.807) is 0 Å². The van der Waals surface area contributed by atoms with Crippen molar-refractivity contribution in [2.75, 3.05) is 19.6 Å². The van der Waals surface area contributed by atoms with E-state index >= 15 is 0 Å². The molecule has 0 bridgehead atoms. The summed E-state index contributed by atoms with van der Waals surface area (Å²) >= 11 is 0. The Balaban J connectivity index is 4.00. The molecule has 0 aromatic carbocycles. The molecule has 1 amide bonds. The second kappa shape index (κ2) is 10.8. The van der Waals surface area contributed by atoms with Crippen LogP contribution in [0.25, 0.3) is 0 Å². The maximum Gasteiger partial charge on any atom is 0.325 e. The third-order valence-corrected chi connectivity index (χ3v) is 3.06. The average molecular weight is 272 g/mol. The van der Waals surface area contributed by atoms with E-state index in [1.165, 1.54) is 6.92 Å². The number of nitrogens with one attached hydrogen (secondary N) is 1. The number of aliphatic carboxylic acids is 1. The van der Waals surface area contributed by atoms with Gasteiger partial charge in [-0.25, -0.2) is 0 Å². The summed E-state index contributed by atoms with van der Waals surface area (Å²) in [4.78, 5) is 24.5. The summed E-state index contributed by atoms with van der Waals surface area (Å²) in [5.74, 6) is -1.19. The molecule has 0 aliphatic heterocycles. The van der Waals surface area contributed by atoms with Crippen LogP contribution in [0.5, 0.6) is 0 Å². The number of carbonyl (C=O) groups excluding carboxylic acids is 1. The highest BCUT2D eigenvalue weighted by Gasteiger charge is 2.14. The molecule has 0 saturated heterocycles. The van der Waals surface area contributed by atoms with E-state index in [4.69, 9.17) is 5.11 Å². The van der Waals surface area contributed by atoms with Crippen molar-refractivity contribution in [3.05, 3.63) is 0 Å². The SMILES string of the molecule is CCCCN(CCCC)CCC(=O)NC(C)C(=O)O. The van der Waals surface area contributed by atoms with Crippen molar-refractivity contribution >= 4 is 11.9 Å². The monoisotopic (exact) mass is 272 g/mol. The molecule has 5 nitrogen and oxygen atoms in total. The fourth-order valence-corrected chi connectivity index (χ4v) is 1.73. The molecule has 1 atom stereocenters. The molecule has 0 heterocycles. The molecule has 0 aromatic heterocycles. The van der Waals surface area contributed by atoms with Crippen LogP contribution < -0.4 is 5.32 Å². The van der Waals surface area contributed by atoms with Gasteiger partial charge in [0, 0.05) is 13.0 Å². The number of carboxylic acids is 1. The molecule has 5 heteroatoms. The molecule has 0 saturated carbocycles. The van der Waals surface area contributed by atoms with E-state index in [-0.39, 0.29) is 5.91 Å². The molecule has 0 rings (SSSR count). The van der Waals surface area contributed by atoms with E-state index in [1.807, 2.05) is 0 Å². The van der Waals surface area contributed by atoms with Gasteiger partial charge in [0.1, 0.15) is 6.04 Å². The van der Waals surface area contributed by atoms with Gasteiger partial charge in [0.05, 0.1) is 0 Å². The summed E-state index contributed by atoms with van der Waals surface area (Å²) in [6, 6.07) is -0.813. The first-order valence-corrected chi connectivity index (χ1v) is 7.25. The van der Waals surface area contributed by atoms with Crippen molar-refractivity contribution in [1.82, 2.24) is 10.2 Å². The second-order valence-electron chi connectivity index (χ2n) is 4.93. The van der Waals surface area contributed by atoms with Crippen molar-refractivity contribution < 1.29 is 14.7 Å². The molecule has 0 spiro atoms. The van der Waals surface area contributed by atoms with Crippen molar-refractivity contribution in [3.8, 4) is 0 Å². The highest BCUT2D eigenvalue weighted by molar-refractivity contribution is 5.83. The summed E-state index contributed by atoms with van der Waals surface area (Å²) in [6.45, 7) is 8.51. The summed E-state index contributed by atoms with van der Waals surface area (Å²) in [5, 5.41) is 11.2. The largest absolute Gasteiger partial charge is 0.480 e. The fraction of sp³-hybridized carbons (Fsp3) is 0.857. The number of hydrogen-bond donors (Lipinski definition) is 2. The Kier molecular flexibility index (Phi) is 10.2. The van der Waals surface area contributed by atoms with Gasteiger partial charge in [0.25, 0.3) is 0 Å². The molecule has 112 valence electrons. The lowest BCUT2D eigenvalue weighted by Crippen LogP contribution is -2.40. The molecular weight excluding hydrogens is 244 g/mol. The molecule has 1 unspecified atom stereocenters. The van der Waals surface area contributed by atoms with Crippen molar-refractivity contribution in [2.45, 2.75) is 58.9 Å². The fourth-order valence-electron chi connectivity index (χ4n) is 1.73. The number of amides is 1. The highest BCUT2D eigenvalue weighted by Crippen LogP contribution is 2.00. The first-order valence-electron chi connectivity index (χ1n) is 7.25. The number of carbonyl (C=O) groups is 2. The Morgan fingerprint density at radius 2 is 1.63 bits per heavy atom. The van der Waals surface area contributed by atoms with Crippen LogP contribution in [-0.4, -0.2) is 47.6 Å². The number of unbranched alkanes of at least 4 members (excludes halogenated alkanes) is 2. The van der Waals surface area contributed by atoms with Gasteiger partial charge >= 0.3 is 5.97 Å². The van der Waals surface area contributed by atoms with E-state index in [0.717, 1.165) is 38.8 Å². The minimum absolute atomic E-state index is 0.187. The summed E-state index contributed by atoms with van der Waals surface area (Å²) in [5.41, 5.74) is 0. The molecule has 0 fully saturated rings. The molecule has 19 heavy (non-hydrogen) atoms. The molecule has 2 N–H and O–H groups in total. The zero-order valence-corrected chi connectivity index (χ0v) is 12.4. The van der Waals surface area contributed by atoms with Crippen LogP contribution in [0.1, 0.15) is 52.9 Å². The molecule has 0 aromatic rings. The maximum atomic E-state index is 11.6. The summed E-state index contributed by atoms with van der Waals surface area (Å²) in [6.07, 6.45) is 4.93. The van der Waals surface area contributed by atoms with Crippen molar-refractivity contribution in [2.24, 2.45) is 0 Å². The topological polar surface area (TPSA) is 69.6 Å². The van der Waals surface area contributed by atoms with Gasteiger partial charge in [0.2, 0.25) is 5.91 Å². The van der Waals surface area contributed by atoms with Gasteiger partial charge in [-0.1, -0.05) is 26.7 Å². The first kappa shape index (κ1) is 17.9. The molecular formula is C14H28N2O3. The van der Waals surface area contributed by atoms with Crippen molar-refractivity contribution in [3.63, 3.8) is 0 Å². The Bertz CT molecular complexity index is 261. The average Bonchev–Trinajstić information content (AvgIpc) is 2.37. The van der Waals surface area contributed by atoms with Gasteiger partial charge in [-0.15, -0.1) is 0 Å². The second-order valence-corrected chi connectivity index (χ2v) is 4.93. The predicted octanol–water partition coefficient (Wildman–Crippen LogP) is 1.87. The number of nitrogens with zero attached hydrogens (tertiary/aromatic N) is 1. The van der Waals surface area contributed by atoms with E-state index < -0.39 is 12.0 Å². The van der Waals surface area contributed by atoms with Gasteiger partial charge in [-0.2, -0.15) is 0 Å². The van der Waals surface area contributed by atoms with E-state index in [2.05, 4.69) is 24.1 Å². The highest BCUT2D eigenvalue weighted by atomic mass is 16.4. The standard InChI is InChI=1S/C14H28N2O3/c1-4-6-9-16(10-7-5-2)11-8-13(17)15-12(3)14(18)19/h12H,4-11H2,1-3H3,(H,15,17)(H,18,19). The summed E-state index contributed by atoms with van der Waals surface area (Å²) in [7, 11) is 0. The molecule has 0 aliphatic rings. The van der Waals surface area contributed by atoms with Crippen LogP contribution in [0.4, 0.5) is 0 Å². The molecule has 0 radical (unpaired) electrons. The zero-order chi connectivity index (χ0) is 14.7. The minimum Gasteiger partial charge on any atom is -0.480 e. The van der Waals surface area contributed by atoms with Crippen LogP contribution in [0, 0.1) is 0 Å². The Hall–Kier alpha value is -1.10. The predicted molar refractivity (Wildman–Crippen MR) is 76.1 cm³/mol. The van der Waals surface area contributed by atoms with Crippen LogP contribution in [0.2, 0.25) is 0 Å². The number of carboxylic acid groups (broad SMARTS) is 1. The Morgan fingerprint density at radius 3 is 2.05 bits per heavy atom. The quantitative estimate of drug-likeness (QED) is 0.602. The lowest BCUT2D eigenvalue weighted by molar-refractivity contribution is -0.141. The summed E-state index contributed by atoms with van der Waals surface area (Å²) < 4.78 is 0. The number of hydrogen-bond acceptors (Lipinski definition) is 3. The zero-order valence-electron chi connectivity index (χ0n) is 12.4.